The topological polar surface area (TPSA) is 58.4 Å². The zero-order valence-corrected chi connectivity index (χ0v) is 11.6. The summed E-state index contributed by atoms with van der Waals surface area (Å²) in [4.78, 5) is 14.3. The maximum Gasteiger partial charge on any atom is 0.253 e. The summed E-state index contributed by atoms with van der Waals surface area (Å²) in [6.07, 6.45) is 0.826. The number of rotatable bonds is 2. The van der Waals surface area contributed by atoms with Crippen LogP contribution in [0, 0.1) is 17.6 Å². The first-order chi connectivity index (χ1) is 9.38. The smallest absolute Gasteiger partial charge is 0.253 e. The number of nitrogens with one attached hydrogen (secondary N) is 1. The van der Waals surface area contributed by atoms with E-state index < -0.39 is 17.5 Å². The number of carbonyl (C=O) groups excluding carboxylic acids is 1. The number of nitrogen functional groups attached to an aromatic ring is 1. The van der Waals surface area contributed by atoms with Gasteiger partial charge in [0.1, 0.15) is 0 Å². The van der Waals surface area contributed by atoms with E-state index in [-0.39, 0.29) is 17.3 Å². The average molecular weight is 283 g/mol. The lowest BCUT2D eigenvalue weighted by atomic mass is 9.94. The number of benzene rings is 1. The second kappa shape index (κ2) is 5.75. The zero-order valence-electron chi connectivity index (χ0n) is 11.6. The summed E-state index contributed by atoms with van der Waals surface area (Å²) in [7, 11) is 2.03. The van der Waals surface area contributed by atoms with Gasteiger partial charge in [0.25, 0.3) is 5.91 Å². The van der Waals surface area contributed by atoms with Gasteiger partial charge in [0.2, 0.25) is 0 Å². The van der Waals surface area contributed by atoms with Crippen molar-refractivity contribution in [2.45, 2.75) is 19.4 Å². The number of anilines is 1. The van der Waals surface area contributed by atoms with Gasteiger partial charge in [-0.05, 0) is 32.0 Å². The molecule has 20 heavy (non-hydrogen) atoms. The first-order valence-electron chi connectivity index (χ1n) is 6.62. The van der Waals surface area contributed by atoms with Gasteiger partial charge in [0.15, 0.2) is 11.6 Å². The molecule has 1 fully saturated rings. The molecule has 6 heteroatoms. The molecular formula is C14H19F2N3O. The van der Waals surface area contributed by atoms with Crippen molar-refractivity contribution in [3.8, 4) is 0 Å². The summed E-state index contributed by atoms with van der Waals surface area (Å²) in [5.41, 5.74) is 5.51. The first-order valence-corrected chi connectivity index (χ1v) is 6.62. The van der Waals surface area contributed by atoms with Gasteiger partial charge in [0.05, 0.1) is 5.56 Å². The van der Waals surface area contributed by atoms with Gasteiger partial charge in [-0.2, -0.15) is 0 Å². The lowest BCUT2D eigenvalue weighted by Crippen LogP contribution is -2.49. The van der Waals surface area contributed by atoms with Crippen LogP contribution >= 0.6 is 0 Å². The molecule has 0 aliphatic carbocycles. The molecule has 110 valence electrons. The van der Waals surface area contributed by atoms with Gasteiger partial charge in [-0.3, -0.25) is 4.79 Å². The fraction of sp³-hybridized carbons (Fsp3) is 0.500. The number of piperidine rings is 1. The molecule has 2 unspecified atom stereocenters. The second-order valence-corrected chi connectivity index (χ2v) is 5.46. The van der Waals surface area contributed by atoms with Crippen LogP contribution in [0.25, 0.3) is 0 Å². The van der Waals surface area contributed by atoms with Crippen molar-refractivity contribution in [2.75, 3.05) is 25.9 Å². The molecule has 1 aliphatic heterocycles. The van der Waals surface area contributed by atoms with Gasteiger partial charge in [-0.15, -0.1) is 0 Å². The molecule has 0 radical (unpaired) electrons. The Balaban J connectivity index is 2.11. The van der Waals surface area contributed by atoms with Gasteiger partial charge in [-0.1, -0.05) is 6.92 Å². The predicted molar refractivity (Wildman–Crippen MR) is 73.3 cm³/mol. The summed E-state index contributed by atoms with van der Waals surface area (Å²) in [5.74, 6) is -2.28. The molecule has 1 aliphatic rings. The Hall–Kier alpha value is -1.69. The molecule has 2 rings (SSSR count). The van der Waals surface area contributed by atoms with Crippen molar-refractivity contribution in [3.63, 3.8) is 0 Å². The number of amides is 1. The van der Waals surface area contributed by atoms with Crippen LogP contribution in [0.3, 0.4) is 0 Å². The zero-order chi connectivity index (χ0) is 14.9. The second-order valence-electron chi connectivity index (χ2n) is 5.46. The number of hydrogen-bond acceptors (Lipinski definition) is 3. The monoisotopic (exact) mass is 283 g/mol. The Morgan fingerprint density at radius 1 is 1.40 bits per heavy atom. The summed E-state index contributed by atoms with van der Waals surface area (Å²) in [5, 5.41) is 2.86. The van der Waals surface area contributed by atoms with Crippen molar-refractivity contribution in [2.24, 2.45) is 5.92 Å². The van der Waals surface area contributed by atoms with Crippen LogP contribution in [0.15, 0.2) is 12.1 Å². The Bertz CT molecular complexity index is 521. The molecule has 0 spiro atoms. The van der Waals surface area contributed by atoms with Gasteiger partial charge in [-0.25, -0.2) is 8.78 Å². The number of likely N-dealkylation sites (tertiary alicyclic amines) is 1. The Morgan fingerprint density at radius 2 is 2.05 bits per heavy atom. The molecule has 0 bridgehead atoms. The SMILES string of the molecule is CC1CN(C)CCC1NC(=O)c1cc(F)c(F)cc1N. The Labute approximate surface area is 116 Å². The highest BCUT2D eigenvalue weighted by atomic mass is 19.2. The minimum Gasteiger partial charge on any atom is -0.398 e. The van der Waals surface area contributed by atoms with Crippen LogP contribution in [0.2, 0.25) is 0 Å². The van der Waals surface area contributed by atoms with E-state index in [1.807, 2.05) is 7.05 Å². The van der Waals surface area contributed by atoms with Crippen molar-refractivity contribution in [1.29, 1.82) is 0 Å². The lowest BCUT2D eigenvalue weighted by molar-refractivity contribution is 0.0884. The molecule has 1 aromatic carbocycles. The largest absolute Gasteiger partial charge is 0.398 e. The molecule has 0 saturated carbocycles. The van der Waals surface area contributed by atoms with E-state index in [1.165, 1.54) is 0 Å². The highest BCUT2D eigenvalue weighted by molar-refractivity contribution is 5.99. The summed E-state index contributed by atoms with van der Waals surface area (Å²) in [6.45, 7) is 3.83. The molecule has 1 saturated heterocycles. The molecule has 4 nitrogen and oxygen atoms in total. The average Bonchev–Trinajstić information content (AvgIpc) is 2.37. The quantitative estimate of drug-likeness (QED) is 0.811. The molecule has 1 heterocycles. The third-order valence-electron chi connectivity index (χ3n) is 3.76. The first kappa shape index (κ1) is 14.7. The number of hydrogen-bond donors (Lipinski definition) is 2. The van der Waals surface area contributed by atoms with E-state index in [9.17, 15) is 13.6 Å². The number of nitrogens with two attached hydrogens (primary N) is 1. The maximum absolute atomic E-state index is 13.2. The van der Waals surface area contributed by atoms with Crippen molar-refractivity contribution < 1.29 is 13.6 Å². The van der Waals surface area contributed by atoms with E-state index in [0.29, 0.717) is 5.92 Å². The maximum atomic E-state index is 13.2. The third-order valence-corrected chi connectivity index (χ3v) is 3.76. The molecule has 0 aromatic heterocycles. The van der Waals surface area contributed by atoms with E-state index in [0.717, 1.165) is 31.6 Å². The van der Waals surface area contributed by atoms with E-state index in [2.05, 4.69) is 17.1 Å². The Morgan fingerprint density at radius 3 is 2.70 bits per heavy atom. The molecule has 3 N–H and O–H groups in total. The van der Waals surface area contributed by atoms with Crippen LogP contribution in [-0.2, 0) is 0 Å². The number of nitrogens with zero attached hydrogens (tertiary/aromatic N) is 1. The lowest BCUT2D eigenvalue weighted by Gasteiger charge is -2.35. The molecule has 1 amide bonds. The van der Waals surface area contributed by atoms with Crippen LogP contribution in [0.1, 0.15) is 23.7 Å². The fourth-order valence-electron chi connectivity index (χ4n) is 2.57. The van der Waals surface area contributed by atoms with Crippen LogP contribution < -0.4 is 11.1 Å². The van der Waals surface area contributed by atoms with E-state index in [4.69, 9.17) is 5.73 Å². The molecule has 1 aromatic rings. The van der Waals surface area contributed by atoms with Crippen LogP contribution in [0.4, 0.5) is 14.5 Å². The van der Waals surface area contributed by atoms with Crippen molar-refractivity contribution in [1.82, 2.24) is 10.2 Å². The van der Waals surface area contributed by atoms with Gasteiger partial charge in [0, 0.05) is 24.3 Å². The highest BCUT2D eigenvalue weighted by Crippen LogP contribution is 2.19. The normalized spacial score (nSPS) is 23.6. The van der Waals surface area contributed by atoms with Gasteiger partial charge >= 0.3 is 0 Å². The number of halogens is 2. The molecule has 2 atom stereocenters. The third kappa shape index (κ3) is 3.07. The summed E-state index contributed by atoms with van der Waals surface area (Å²) < 4.78 is 26.2. The minimum atomic E-state index is -1.07. The van der Waals surface area contributed by atoms with Crippen LogP contribution in [-0.4, -0.2) is 37.0 Å². The Kier molecular flexibility index (Phi) is 4.23. The minimum absolute atomic E-state index is 0.0185. The van der Waals surface area contributed by atoms with Crippen molar-refractivity contribution in [3.05, 3.63) is 29.3 Å². The summed E-state index contributed by atoms with van der Waals surface area (Å²) in [6, 6.07) is 1.70. The van der Waals surface area contributed by atoms with E-state index in [1.54, 1.807) is 0 Å². The van der Waals surface area contributed by atoms with E-state index >= 15 is 0 Å². The van der Waals surface area contributed by atoms with Crippen LogP contribution in [0.5, 0.6) is 0 Å². The summed E-state index contributed by atoms with van der Waals surface area (Å²) >= 11 is 0. The fourth-order valence-corrected chi connectivity index (χ4v) is 2.57. The van der Waals surface area contributed by atoms with Gasteiger partial charge < -0.3 is 16.0 Å². The van der Waals surface area contributed by atoms with Crippen molar-refractivity contribution >= 4 is 11.6 Å². The predicted octanol–water partition coefficient (Wildman–Crippen LogP) is 1.62. The standard InChI is InChI=1S/C14H19F2N3O/c1-8-7-19(2)4-3-13(8)18-14(20)9-5-10(15)11(16)6-12(9)17/h5-6,8,13H,3-4,7,17H2,1-2H3,(H,18,20). The highest BCUT2D eigenvalue weighted by Gasteiger charge is 2.26. The number of carbonyl (C=O) groups is 1. The molecular weight excluding hydrogens is 264 g/mol.